The van der Waals surface area contributed by atoms with Crippen molar-refractivity contribution in [1.29, 1.82) is 0 Å². The van der Waals surface area contributed by atoms with E-state index in [4.69, 9.17) is 0 Å². The first kappa shape index (κ1) is 11.1. The van der Waals surface area contributed by atoms with E-state index >= 15 is 0 Å². The Morgan fingerprint density at radius 2 is 2.25 bits per heavy atom. The molecule has 16 heavy (non-hydrogen) atoms. The van der Waals surface area contributed by atoms with Crippen molar-refractivity contribution in [2.45, 2.75) is 33.1 Å². The summed E-state index contributed by atoms with van der Waals surface area (Å²) in [6, 6.07) is 0. The van der Waals surface area contributed by atoms with Gasteiger partial charge in [-0.2, -0.15) is 0 Å². The summed E-state index contributed by atoms with van der Waals surface area (Å²) in [4.78, 5) is 11.5. The summed E-state index contributed by atoms with van der Waals surface area (Å²) in [7, 11) is 1.79. The Morgan fingerprint density at radius 3 is 2.56 bits per heavy atom. The van der Waals surface area contributed by atoms with Crippen LogP contribution in [0.25, 0.3) is 0 Å². The third kappa shape index (κ3) is 1.34. The Hall–Kier alpha value is -1.39. The van der Waals surface area contributed by atoms with Gasteiger partial charge in [-0.1, -0.05) is 26.0 Å². The van der Waals surface area contributed by atoms with Gasteiger partial charge in [0.05, 0.1) is 11.1 Å². The topological polar surface area (TPSA) is 68.0 Å². The number of aryl methyl sites for hydroxylation is 1. The molecule has 1 N–H and O–H groups in total. The molecule has 0 aromatic carbocycles. The maximum Gasteiger partial charge on any atom is 0.310 e. The molecular weight excluding hydrogens is 206 g/mol. The number of carboxylic acids is 1. The predicted molar refractivity (Wildman–Crippen MR) is 57.9 cm³/mol. The maximum atomic E-state index is 11.5. The summed E-state index contributed by atoms with van der Waals surface area (Å²) in [5.74, 6) is -0.727. The van der Waals surface area contributed by atoms with Crippen LogP contribution in [-0.4, -0.2) is 26.1 Å². The molecule has 1 fully saturated rings. The van der Waals surface area contributed by atoms with Crippen LogP contribution in [0.15, 0.2) is 6.20 Å². The molecule has 0 radical (unpaired) electrons. The highest BCUT2D eigenvalue weighted by Gasteiger charge is 2.68. The number of nitrogens with zero attached hydrogens (tertiary/aromatic N) is 3. The van der Waals surface area contributed by atoms with Crippen molar-refractivity contribution in [1.82, 2.24) is 15.0 Å². The van der Waals surface area contributed by atoms with Crippen LogP contribution in [-0.2, 0) is 11.8 Å². The normalized spacial score (nSPS) is 29.1. The number of aliphatic carboxylic acids is 1. The minimum absolute atomic E-state index is 0.00120. The van der Waals surface area contributed by atoms with Crippen LogP contribution >= 0.6 is 0 Å². The fourth-order valence-corrected chi connectivity index (χ4v) is 2.53. The van der Waals surface area contributed by atoms with Crippen LogP contribution < -0.4 is 0 Å². The number of hydrogen-bond acceptors (Lipinski definition) is 3. The van der Waals surface area contributed by atoms with E-state index in [1.54, 1.807) is 17.9 Å². The van der Waals surface area contributed by atoms with Gasteiger partial charge in [-0.15, -0.1) is 5.10 Å². The minimum atomic E-state index is -0.726. The lowest BCUT2D eigenvalue weighted by atomic mass is 9.75. The molecular formula is C11H17N3O2. The molecule has 0 aliphatic heterocycles. The summed E-state index contributed by atoms with van der Waals surface area (Å²) in [5.41, 5.74) is -0.149. The maximum absolute atomic E-state index is 11.5. The van der Waals surface area contributed by atoms with Gasteiger partial charge in [0.2, 0.25) is 0 Å². The van der Waals surface area contributed by atoms with Crippen LogP contribution in [0.4, 0.5) is 0 Å². The third-order valence-corrected chi connectivity index (χ3v) is 3.66. The van der Waals surface area contributed by atoms with Gasteiger partial charge in [-0.25, -0.2) is 0 Å². The molecule has 2 unspecified atom stereocenters. The van der Waals surface area contributed by atoms with Crippen molar-refractivity contribution in [2.24, 2.45) is 17.9 Å². The zero-order valence-corrected chi connectivity index (χ0v) is 10.1. The fourth-order valence-electron chi connectivity index (χ4n) is 2.53. The van der Waals surface area contributed by atoms with Crippen LogP contribution in [0.2, 0.25) is 0 Å². The summed E-state index contributed by atoms with van der Waals surface area (Å²) in [5, 5.41) is 17.3. The highest BCUT2D eigenvalue weighted by Crippen LogP contribution is 2.67. The molecule has 5 heteroatoms. The SMILES string of the molecule is Cn1cc(C2CC2(C(=O)O)C(C)(C)C)nn1. The van der Waals surface area contributed by atoms with Gasteiger partial charge in [0.15, 0.2) is 0 Å². The van der Waals surface area contributed by atoms with Gasteiger partial charge in [0.1, 0.15) is 0 Å². The van der Waals surface area contributed by atoms with Gasteiger partial charge >= 0.3 is 5.97 Å². The molecule has 0 bridgehead atoms. The number of carbonyl (C=O) groups is 1. The Bertz CT molecular complexity index is 433. The molecule has 0 amide bonds. The van der Waals surface area contributed by atoms with Crippen molar-refractivity contribution in [3.05, 3.63) is 11.9 Å². The van der Waals surface area contributed by atoms with Gasteiger partial charge in [-0.3, -0.25) is 9.48 Å². The minimum Gasteiger partial charge on any atom is -0.481 e. The van der Waals surface area contributed by atoms with E-state index in [1.807, 2.05) is 20.8 Å². The number of aromatic nitrogens is 3. The molecule has 0 spiro atoms. The molecule has 1 saturated carbocycles. The summed E-state index contributed by atoms with van der Waals surface area (Å²) in [6.07, 6.45) is 2.46. The second kappa shape index (κ2) is 3.06. The van der Waals surface area contributed by atoms with Gasteiger partial charge in [0, 0.05) is 19.2 Å². The lowest BCUT2D eigenvalue weighted by molar-refractivity contribution is -0.148. The second-order valence-electron chi connectivity index (χ2n) is 5.60. The van der Waals surface area contributed by atoms with E-state index in [2.05, 4.69) is 10.3 Å². The highest BCUT2D eigenvalue weighted by molar-refractivity contribution is 5.81. The summed E-state index contributed by atoms with van der Waals surface area (Å²) < 4.78 is 1.61. The lowest BCUT2D eigenvalue weighted by Gasteiger charge is -2.27. The Balaban J connectivity index is 2.33. The molecule has 1 aromatic rings. The molecule has 1 aliphatic rings. The Morgan fingerprint density at radius 1 is 1.62 bits per heavy atom. The molecule has 5 nitrogen and oxygen atoms in total. The first-order valence-corrected chi connectivity index (χ1v) is 5.38. The zero-order chi connectivity index (χ0) is 12.1. The molecule has 1 aromatic heterocycles. The zero-order valence-electron chi connectivity index (χ0n) is 10.1. The van der Waals surface area contributed by atoms with Crippen LogP contribution in [0.5, 0.6) is 0 Å². The summed E-state index contributed by atoms with van der Waals surface area (Å²) in [6.45, 7) is 5.91. The average Bonchev–Trinajstić information content (AvgIpc) is 2.78. The smallest absolute Gasteiger partial charge is 0.310 e. The third-order valence-electron chi connectivity index (χ3n) is 3.66. The predicted octanol–water partition coefficient (Wildman–Crippen LogP) is 1.42. The van der Waals surface area contributed by atoms with Crippen molar-refractivity contribution in [3.8, 4) is 0 Å². The monoisotopic (exact) mass is 223 g/mol. The molecule has 1 aliphatic carbocycles. The lowest BCUT2D eigenvalue weighted by Crippen LogP contribution is -2.32. The van der Waals surface area contributed by atoms with E-state index in [0.29, 0.717) is 6.42 Å². The number of hydrogen-bond donors (Lipinski definition) is 1. The van der Waals surface area contributed by atoms with Crippen molar-refractivity contribution in [2.75, 3.05) is 0 Å². The van der Waals surface area contributed by atoms with E-state index in [-0.39, 0.29) is 11.3 Å². The van der Waals surface area contributed by atoms with Gasteiger partial charge in [0.25, 0.3) is 0 Å². The molecule has 88 valence electrons. The number of rotatable bonds is 2. The molecule has 0 saturated heterocycles. The second-order valence-corrected chi connectivity index (χ2v) is 5.60. The highest BCUT2D eigenvalue weighted by atomic mass is 16.4. The summed E-state index contributed by atoms with van der Waals surface area (Å²) >= 11 is 0. The number of carboxylic acid groups (broad SMARTS) is 1. The van der Waals surface area contributed by atoms with Crippen molar-refractivity contribution >= 4 is 5.97 Å². The molecule has 1 heterocycles. The van der Waals surface area contributed by atoms with E-state index in [9.17, 15) is 9.90 Å². The average molecular weight is 223 g/mol. The van der Waals surface area contributed by atoms with Crippen LogP contribution in [0, 0.1) is 10.8 Å². The van der Waals surface area contributed by atoms with Gasteiger partial charge < -0.3 is 5.11 Å². The van der Waals surface area contributed by atoms with E-state index in [1.165, 1.54) is 0 Å². The first-order chi connectivity index (χ1) is 7.29. The van der Waals surface area contributed by atoms with Crippen molar-refractivity contribution < 1.29 is 9.90 Å². The van der Waals surface area contributed by atoms with Gasteiger partial charge in [-0.05, 0) is 11.8 Å². The molecule has 2 atom stereocenters. The first-order valence-electron chi connectivity index (χ1n) is 5.38. The Kier molecular flexibility index (Phi) is 2.12. The van der Waals surface area contributed by atoms with E-state index < -0.39 is 11.4 Å². The van der Waals surface area contributed by atoms with Crippen LogP contribution in [0.3, 0.4) is 0 Å². The fraction of sp³-hybridized carbons (Fsp3) is 0.727. The largest absolute Gasteiger partial charge is 0.481 e. The Labute approximate surface area is 94.5 Å². The quantitative estimate of drug-likeness (QED) is 0.823. The molecule has 2 rings (SSSR count). The standard InChI is InChI=1S/C11H17N3O2/c1-10(2,3)11(9(15)16)5-7(11)8-6-14(4)13-12-8/h6-7H,5H2,1-4H3,(H,15,16). The van der Waals surface area contributed by atoms with Crippen molar-refractivity contribution in [3.63, 3.8) is 0 Å². The van der Waals surface area contributed by atoms with Crippen LogP contribution in [0.1, 0.15) is 38.8 Å². The van der Waals surface area contributed by atoms with E-state index in [0.717, 1.165) is 5.69 Å².